The molecule has 1 aromatic heterocycles. The molecular weight excluding hydrogens is 284 g/mol. The van der Waals surface area contributed by atoms with Gasteiger partial charge in [-0.1, -0.05) is 11.6 Å². The zero-order valence-electron chi connectivity index (χ0n) is 8.77. The summed E-state index contributed by atoms with van der Waals surface area (Å²) in [6, 6.07) is 0.814. The highest BCUT2D eigenvalue weighted by Crippen LogP contribution is 2.27. The van der Waals surface area contributed by atoms with Gasteiger partial charge in [-0.2, -0.15) is 4.72 Å². The Labute approximate surface area is 108 Å². The molecule has 2 N–H and O–H groups in total. The standard InChI is InChI=1S/C9H11ClN2O3S2/c10-6-3-5-16-9(6)17(14,15)12-7-2-1-4-11-8(7)13/h3,5,7,12H,1-2,4H2,(H,11,13)/t7-/m0/s1. The topological polar surface area (TPSA) is 75.3 Å². The predicted octanol–water partition coefficient (Wildman–Crippen LogP) is 0.958. The molecule has 0 saturated carbocycles. The minimum Gasteiger partial charge on any atom is -0.355 e. The second kappa shape index (κ2) is 4.93. The quantitative estimate of drug-likeness (QED) is 0.872. The van der Waals surface area contributed by atoms with E-state index in [1.165, 1.54) is 6.07 Å². The molecule has 2 rings (SSSR count). The normalized spacial score (nSPS) is 21.2. The van der Waals surface area contributed by atoms with Gasteiger partial charge in [0.1, 0.15) is 6.04 Å². The number of hydrogen-bond donors (Lipinski definition) is 2. The molecule has 2 heterocycles. The molecule has 0 aromatic carbocycles. The van der Waals surface area contributed by atoms with Crippen LogP contribution in [0.5, 0.6) is 0 Å². The van der Waals surface area contributed by atoms with Gasteiger partial charge in [-0.25, -0.2) is 8.42 Å². The lowest BCUT2D eigenvalue weighted by molar-refractivity contribution is -0.124. The van der Waals surface area contributed by atoms with E-state index in [0.717, 1.165) is 17.8 Å². The molecule has 0 bridgehead atoms. The maximum atomic E-state index is 12.0. The third-order valence-corrected chi connectivity index (χ3v) is 5.91. The average Bonchev–Trinajstić information content (AvgIpc) is 2.68. The molecule has 5 nitrogen and oxygen atoms in total. The Bertz CT molecular complexity index is 526. The second-order valence-electron chi connectivity index (χ2n) is 3.66. The number of halogens is 1. The van der Waals surface area contributed by atoms with Gasteiger partial charge in [0, 0.05) is 6.54 Å². The fraction of sp³-hybridized carbons (Fsp3) is 0.444. The van der Waals surface area contributed by atoms with Crippen molar-refractivity contribution in [2.75, 3.05) is 6.54 Å². The zero-order chi connectivity index (χ0) is 12.5. The lowest BCUT2D eigenvalue weighted by atomic mass is 10.1. The van der Waals surface area contributed by atoms with Gasteiger partial charge in [0.15, 0.2) is 4.21 Å². The molecule has 1 aromatic rings. The minimum absolute atomic E-state index is 0.0533. The maximum Gasteiger partial charge on any atom is 0.252 e. The van der Waals surface area contributed by atoms with Crippen LogP contribution < -0.4 is 10.0 Å². The molecular formula is C9H11ClN2O3S2. The Morgan fingerprint density at radius 2 is 2.29 bits per heavy atom. The van der Waals surface area contributed by atoms with E-state index >= 15 is 0 Å². The number of hydrogen-bond acceptors (Lipinski definition) is 4. The SMILES string of the molecule is O=C1NCCC[C@@H]1NS(=O)(=O)c1sccc1Cl. The van der Waals surface area contributed by atoms with Gasteiger partial charge in [-0.3, -0.25) is 4.79 Å². The van der Waals surface area contributed by atoms with Crippen molar-refractivity contribution in [1.29, 1.82) is 0 Å². The lowest BCUT2D eigenvalue weighted by Gasteiger charge is -2.22. The number of carbonyl (C=O) groups is 1. The van der Waals surface area contributed by atoms with Gasteiger partial charge in [-0.05, 0) is 24.3 Å². The predicted molar refractivity (Wildman–Crippen MR) is 65.7 cm³/mol. The third kappa shape index (κ3) is 2.79. The van der Waals surface area contributed by atoms with Crippen molar-refractivity contribution in [3.63, 3.8) is 0 Å². The molecule has 1 aliphatic heterocycles. The molecule has 1 saturated heterocycles. The number of sulfonamides is 1. The van der Waals surface area contributed by atoms with Crippen LogP contribution >= 0.6 is 22.9 Å². The summed E-state index contributed by atoms with van der Waals surface area (Å²) in [5.74, 6) is -0.285. The van der Waals surface area contributed by atoms with E-state index in [2.05, 4.69) is 10.0 Å². The molecule has 1 aliphatic rings. The summed E-state index contributed by atoms with van der Waals surface area (Å²) in [5.41, 5.74) is 0. The van der Waals surface area contributed by atoms with Gasteiger partial charge < -0.3 is 5.32 Å². The van der Waals surface area contributed by atoms with E-state index in [4.69, 9.17) is 11.6 Å². The fourth-order valence-corrected chi connectivity index (χ4v) is 4.53. The van der Waals surface area contributed by atoms with E-state index in [1.54, 1.807) is 5.38 Å². The van der Waals surface area contributed by atoms with Gasteiger partial charge >= 0.3 is 0 Å². The van der Waals surface area contributed by atoms with Crippen LogP contribution in [0.4, 0.5) is 0 Å². The first-order valence-corrected chi connectivity index (χ1v) is 7.78. The fourth-order valence-electron chi connectivity index (χ4n) is 1.60. The van der Waals surface area contributed by atoms with E-state index < -0.39 is 16.1 Å². The van der Waals surface area contributed by atoms with Gasteiger partial charge in [-0.15, -0.1) is 11.3 Å². The molecule has 8 heteroatoms. The molecule has 17 heavy (non-hydrogen) atoms. The number of thiophene rings is 1. The van der Waals surface area contributed by atoms with Crippen molar-refractivity contribution in [2.45, 2.75) is 23.1 Å². The summed E-state index contributed by atoms with van der Waals surface area (Å²) < 4.78 is 26.4. The molecule has 1 fully saturated rings. The highest BCUT2D eigenvalue weighted by molar-refractivity contribution is 7.91. The van der Waals surface area contributed by atoms with Crippen LogP contribution in [0.1, 0.15) is 12.8 Å². The van der Waals surface area contributed by atoms with E-state index in [9.17, 15) is 13.2 Å². The van der Waals surface area contributed by atoms with Crippen LogP contribution in [0, 0.1) is 0 Å². The molecule has 94 valence electrons. The Hall–Kier alpha value is -0.630. The lowest BCUT2D eigenvalue weighted by Crippen LogP contribution is -2.49. The summed E-state index contributed by atoms with van der Waals surface area (Å²) in [6.45, 7) is 0.594. The van der Waals surface area contributed by atoms with Crippen molar-refractivity contribution in [3.05, 3.63) is 16.5 Å². The second-order valence-corrected chi connectivity index (χ2v) is 6.90. The number of amides is 1. The Morgan fingerprint density at radius 1 is 1.53 bits per heavy atom. The molecule has 1 atom stereocenters. The number of carbonyl (C=O) groups excluding carboxylic acids is 1. The molecule has 1 amide bonds. The van der Waals surface area contributed by atoms with Crippen LogP contribution in [0.25, 0.3) is 0 Å². The summed E-state index contributed by atoms with van der Waals surface area (Å²) in [5, 5.41) is 4.39. The Morgan fingerprint density at radius 3 is 2.88 bits per heavy atom. The first-order valence-electron chi connectivity index (χ1n) is 5.04. The maximum absolute atomic E-state index is 12.0. The van der Waals surface area contributed by atoms with Crippen molar-refractivity contribution < 1.29 is 13.2 Å². The van der Waals surface area contributed by atoms with Crippen LogP contribution in [0.3, 0.4) is 0 Å². The van der Waals surface area contributed by atoms with E-state index in [1.807, 2.05) is 0 Å². The van der Waals surface area contributed by atoms with Crippen molar-refractivity contribution in [3.8, 4) is 0 Å². The van der Waals surface area contributed by atoms with Gasteiger partial charge in [0.25, 0.3) is 10.0 Å². The van der Waals surface area contributed by atoms with Crippen molar-refractivity contribution in [1.82, 2.24) is 10.0 Å². The Kier molecular flexibility index (Phi) is 3.72. The van der Waals surface area contributed by atoms with Crippen molar-refractivity contribution >= 4 is 38.9 Å². The van der Waals surface area contributed by atoms with E-state index in [-0.39, 0.29) is 15.1 Å². The number of nitrogens with one attached hydrogen (secondary N) is 2. The first kappa shape index (κ1) is 12.8. The number of piperidine rings is 1. The smallest absolute Gasteiger partial charge is 0.252 e. The summed E-state index contributed by atoms with van der Waals surface area (Å²) in [4.78, 5) is 11.5. The van der Waals surface area contributed by atoms with E-state index in [0.29, 0.717) is 13.0 Å². The third-order valence-electron chi connectivity index (χ3n) is 2.41. The zero-order valence-corrected chi connectivity index (χ0v) is 11.2. The molecule has 0 unspecified atom stereocenters. The number of rotatable bonds is 3. The summed E-state index contributed by atoms with van der Waals surface area (Å²) in [6.07, 6.45) is 1.27. The minimum atomic E-state index is -3.70. The van der Waals surface area contributed by atoms with Gasteiger partial charge in [0.05, 0.1) is 5.02 Å². The first-order chi connectivity index (χ1) is 8.00. The largest absolute Gasteiger partial charge is 0.355 e. The average molecular weight is 295 g/mol. The van der Waals surface area contributed by atoms with Crippen LogP contribution in [-0.2, 0) is 14.8 Å². The highest BCUT2D eigenvalue weighted by Gasteiger charge is 2.29. The van der Waals surface area contributed by atoms with Crippen molar-refractivity contribution in [2.24, 2.45) is 0 Å². The molecule has 0 radical (unpaired) electrons. The summed E-state index contributed by atoms with van der Waals surface area (Å²) in [7, 11) is -3.70. The highest BCUT2D eigenvalue weighted by atomic mass is 35.5. The molecule has 0 spiro atoms. The summed E-state index contributed by atoms with van der Waals surface area (Å²) >= 11 is 6.80. The molecule has 0 aliphatic carbocycles. The van der Waals surface area contributed by atoms with Gasteiger partial charge in [0.2, 0.25) is 5.91 Å². The van der Waals surface area contributed by atoms with Crippen LogP contribution in [-0.4, -0.2) is 26.9 Å². The van der Waals surface area contributed by atoms with Crippen LogP contribution in [0.15, 0.2) is 15.7 Å². The monoisotopic (exact) mass is 294 g/mol. The Balaban J connectivity index is 2.18. The van der Waals surface area contributed by atoms with Crippen LogP contribution in [0.2, 0.25) is 5.02 Å².